The van der Waals surface area contributed by atoms with Crippen LogP contribution in [0.2, 0.25) is 0 Å². The van der Waals surface area contributed by atoms with Gasteiger partial charge in [0.05, 0.1) is 51.9 Å². The molecule has 0 radical (unpaired) electrons. The molecule has 2 fully saturated rings. The predicted molar refractivity (Wildman–Crippen MR) is 268 cm³/mol. The number of alkyl halides is 3. The standard InChI is InChI=1S/C52H52F6N8O6S2/c1-29-44(74-28-62-29)31-13-11-30(12-14-31)25-61-46(68)39-10-9-19-64(39)47(69)45(50(2,3)4)63-40(67)27-71-20-7-8-21-72-34-16-17-35(36(53)23-34)43-37(54)22-33(26-60-43)66-49(73)65(48(70)51(66,5)6)38-18-15-32(24-59)41(42(38)55)52(56,57)58/h11-18,22-23,26,28,39,45H,7-10,19-21,25,27H2,1-6H3,(H,61,68)(H,63,67)/t39-,45?/m0/s1. The molecule has 22 heteroatoms. The maximum Gasteiger partial charge on any atom is 0.420 e. The zero-order valence-corrected chi connectivity index (χ0v) is 42.8. The number of halogens is 6. The second-order valence-electron chi connectivity index (χ2n) is 19.3. The van der Waals surface area contributed by atoms with Crippen LogP contribution in [-0.4, -0.2) is 87.6 Å². The van der Waals surface area contributed by atoms with E-state index in [0.717, 1.165) is 51.0 Å². The quantitative estimate of drug-likeness (QED) is 0.0517. The maximum absolute atomic E-state index is 15.8. The van der Waals surface area contributed by atoms with E-state index in [2.05, 4.69) is 20.6 Å². The number of amides is 4. The van der Waals surface area contributed by atoms with E-state index in [9.17, 15) is 32.3 Å². The number of pyridine rings is 1. The molecule has 0 aliphatic carbocycles. The number of carbonyl (C=O) groups is 4. The first-order valence-corrected chi connectivity index (χ1v) is 24.7. The number of nitriles is 1. The number of benzene rings is 3. The summed E-state index contributed by atoms with van der Waals surface area (Å²) in [5.41, 5.74) is -2.21. The van der Waals surface area contributed by atoms with Gasteiger partial charge < -0.3 is 29.9 Å². The van der Waals surface area contributed by atoms with Crippen LogP contribution in [0.25, 0.3) is 21.7 Å². The Hall–Kier alpha value is -6.96. The molecular formula is C52H52F6N8O6S2. The molecule has 2 aliphatic heterocycles. The van der Waals surface area contributed by atoms with Crippen LogP contribution >= 0.6 is 23.6 Å². The summed E-state index contributed by atoms with van der Waals surface area (Å²) in [5, 5.41) is 14.5. The number of aryl methyl sites for hydroxylation is 1. The second-order valence-corrected chi connectivity index (χ2v) is 20.5. The van der Waals surface area contributed by atoms with Crippen LogP contribution in [0.15, 0.2) is 72.4 Å². The molecule has 2 aliphatic rings. The zero-order valence-electron chi connectivity index (χ0n) is 41.2. The highest BCUT2D eigenvalue weighted by Gasteiger charge is 2.52. The van der Waals surface area contributed by atoms with Gasteiger partial charge in [-0.25, -0.2) is 18.2 Å². The van der Waals surface area contributed by atoms with E-state index in [1.807, 2.05) is 52.0 Å². The SMILES string of the molecule is Cc1ncsc1-c1ccc(CNC(=O)[C@@H]2CCCN2C(=O)C(NC(=O)COCCCCOc2ccc(-c3ncc(N4C(=S)N(c5ccc(C#N)c(C(F)(F)F)c5F)C(=O)C4(C)C)cc3F)c(F)c2)C(C)(C)C)cc1. The van der Waals surface area contributed by atoms with E-state index in [-0.39, 0.29) is 48.6 Å². The third-order valence-corrected chi connectivity index (χ3v) is 13.9. The van der Waals surface area contributed by atoms with Gasteiger partial charge in [-0.3, -0.25) is 29.1 Å². The summed E-state index contributed by atoms with van der Waals surface area (Å²) < 4.78 is 99.3. The van der Waals surface area contributed by atoms with Gasteiger partial charge in [0.25, 0.3) is 5.91 Å². The predicted octanol–water partition coefficient (Wildman–Crippen LogP) is 9.42. The van der Waals surface area contributed by atoms with Crippen molar-refractivity contribution in [3.05, 3.63) is 112 Å². The Morgan fingerprint density at radius 3 is 2.34 bits per heavy atom. The summed E-state index contributed by atoms with van der Waals surface area (Å²) in [7, 11) is 0. The molecule has 4 amide bonds. The lowest BCUT2D eigenvalue weighted by Gasteiger charge is -2.35. The normalized spacial score (nSPS) is 16.1. The van der Waals surface area contributed by atoms with Gasteiger partial charge in [0.15, 0.2) is 16.7 Å². The van der Waals surface area contributed by atoms with E-state index in [0.29, 0.717) is 49.7 Å². The number of nitrogens with one attached hydrogen (secondary N) is 2. The number of rotatable bonds is 17. The summed E-state index contributed by atoms with van der Waals surface area (Å²) in [5.74, 6) is -5.78. The Balaban J connectivity index is 0.867. The molecule has 2 N–H and O–H groups in total. The first-order chi connectivity index (χ1) is 34.9. The minimum absolute atomic E-state index is 0.124. The molecule has 0 saturated carbocycles. The number of likely N-dealkylation sites (tertiary alicyclic amines) is 1. The van der Waals surface area contributed by atoms with Crippen molar-refractivity contribution in [1.29, 1.82) is 5.26 Å². The molecule has 2 aromatic heterocycles. The number of aromatic nitrogens is 2. The molecule has 3 aromatic carbocycles. The monoisotopic (exact) mass is 1060 g/mol. The number of thiazole rings is 1. The summed E-state index contributed by atoms with van der Waals surface area (Å²) in [6.45, 7) is 10.7. The molecule has 14 nitrogen and oxygen atoms in total. The molecule has 74 heavy (non-hydrogen) atoms. The largest absolute Gasteiger partial charge is 0.493 e. The van der Waals surface area contributed by atoms with Gasteiger partial charge in [-0.15, -0.1) is 11.3 Å². The highest BCUT2D eigenvalue weighted by molar-refractivity contribution is 7.81. The molecule has 5 aromatic rings. The highest BCUT2D eigenvalue weighted by Crippen LogP contribution is 2.42. The third-order valence-electron chi connectivity index (χ3n) is 12.6. The fourth-order valence-electron chi connectivity index (χ4n) is 8.72. The van der Waals surface area contributed by atoms with Crippen LogP contribution in [0, 0.1) is 41.1 Å². The minimum Gasteiger partial charge on any atom is -0.493 e. The minimum atomic E-state index is -5.28. The molecule has 0 spiro atoms. The fourth-order valence-corrected chi connectivity index (χ4v) is 10.0. The lowest BCUT2D eigenvalue weighted by molar-refractivity contribution is -0.144. The Morgan fingerprint density at radius 1 is 0.986 bits per heavy atom. The number of unbranched alkanes of at least 4 members (excludes halogenated alkanes) is 1. The van der Waals surface area contributed by atoms with Crippen molar-refractivity contribution in [3.8, 4) is 33.5 Å². The second kappa shape index (κ2) is 22.3. The van der Waals surface area contributed by atoms with E-state index in [4.69, 9.17) is 27.0 Å². The van der Waals surface area contributed by atoms with Crippen LogP contribution in [0.4, 0.5) is 37.7 Å². The van der Waals surface area contributed by atoms with E-state index >= 15 is 13.2 Å². The van der Waals surface area contributed by atoms with Gasteiger partial charge in [0.1, 0.15) is 47.1 Å². The first kappa shape index (κ1) is 54.8. The van der Waals surface area contributed by atoms with Crippen molar-refractivity contribution < 1.29 is 55.0 Å². The van der Waals surface area contributed by atoms with Gasteiger partial charge in [-0.05, 0) is 99.5 Å². The van der Waals surface area contributed by atoms with Crippen molar-refractivity contribution in [2.24, 2.45) is 5.41 Å². The Labute approximate surface area is 432 Å². The highest BCUT2D eigenvalue weighted by atomic mass is 32.1. The summed E-state index contributed by atoms with van der Waals surface area (Å²) >= 11 is 6.98. The average molecular weight is 1060 g/mol. The number of ether oxygens (including phenoxy) is 2. The Bertz CT molecular complexity index is 3010. The fraction of sp³-hybridized carbons (Fsp3) is 0.385. The van der Waals surface area contributed by atoms with E-state index in [1.165, 1.54) is 36.9 Å². The van der Waals surface area contributed by atoms with Gasteiger partial charge in [0, 0.05) is 37.4 Å². The van der Waals surface area contributed by atoms with Crippen LogP contribution in [0.5, 0.6) is 5.75 Å². The van der Waals surface area contributed by atoms with Crippen LogP contribution in [0.1, 0.15) is 82.7 Å². The molecular weight excluding hydrogens is 1010 g/mol. The van der Waals surface area contributed by atoms with Gasteiger partial charge in [-0.2, -0.15) is 18.4 Å². The molecule has 4 heterocycles. The van der Waals surface area contributed by atoms with E-state index in [1.54, 1.807) is 16.8 Å². The van der Waals surface area contributed by atoms with Crippen molar-refractivity contribution >= 4 is 63.7 Å². The van der Waals surface area contributed by atoms with Crippen molar-refractivity contribution in [2.45, 2.75) is 97.6 Å². The number of anilines is 2. The summed E-state index contributed by atoms with van der Waals surface area (Å²) in [4.78, 5) is 66.6. The van der Waals surface area contributed by atoms with Crippen LogP contribution in [0.3, 0.4) is 0 Å². The maximum atomic E-state index is 15.8. The first-order valence-electron chi connectivity index (χ1n) is 23.5. The third kappa shape index (κ3) is 11.7. The molecule has 390 valence electrons. The topological polar surface area (TPSA) is 170 Å². The lowest BCUT2D eigenvalue weighted by atomic mass is 9.85. The number of hydrogen-bond acceptors (Lipinski definition) is 11. The van der Waals surface area contributed by atoms with Gasteiger partial charge in [-0.1, -0.05) is 45.0 Å². The lowest BCUT2D eigenvalue weighted by Crippen LogP contribution is -2.58. The van der Waals surface area contributed by atoms with Gasteiger partial charge in [0.2, 0.25) is 17.7 Å². The van der Waals surface area contributed by atoms with Crippen molar-refractivity contribution in [3.63, 3.8) is 0 Å². The summed E-state index contributed by atoms with van der Waals surface area (Å²) in [6.07, 6.45) is -2.17. The van der Waals surface area contributed by atoms with Crippen LogP contribution < -0.4 is 25.2 Å². The molecule has 7 rings (SSSR count). The smallest absolute Gasteiger partial charge is 0.420 e. The average Bonchev–Trinajstić information content (AvgIpc) is 4.05. The van der Waals surface area contributed by atoms with Crippen LogP contribution in [-0.2, 0) is 36.6 Å². The summed E-state index contributed by atoms with van der Waals surface area (Å²) in [6, 6.07) is 13.7. The number of hydrogen-bond donors (Lipinski definition) is 2. The number of nitrogens with zero attached hydrogens (tertiary/aromatic N) is 6. The Morgan fingerprint density at radius 2 is 1.70 bits per heavy atom. The molecule has 0 bridgehead atoms. The molecule has 1 unspecified atom stereocenters. The Kier molecular flexibility index (Phi) is 16.5. The van der Waals surface area contributed by atoms with E-state index < -0.39 is 86.1 Å². The number of carbonyl (C=O) groups excluding carboxylic acids is 4. The van der Waals surface area contributed by atoms with Crippen molar-refractivity contribution in [2.75, 3.05) is 36.2 Å². The van der Waals surface area contributed by atoms with Gasteiger partial charge >= 0.3 is 6.18 Å². The van der Waals surface area contributed by atoms with Crippen molar-refractivity contribution in [1.82, 2.24) is 25.5 Å². The zero-order chi connectivity index (χ0) is 53.9. The molecule has 2 saturated heterocycles. The molecule has 2 atom stereocenters. The number of thiocarbonyl (C=S) groups is 1.